The quantitative estimate of drug-likeness (QED) is 0.480. The molecule has 1 heterocycles. The number of methoxy groups -OCH3 is 3. The van der Waals surface area contributed by atoms with Gasteiger partial charge in [0.2, 0.25) is 0 Å². The van der Waals surface area contributed by atoms with Gasteiger partial charge in [0.25, 0.3) is 0 Å². The van der Waals surface area contributed by atoms with Crippen LogP contribution in [0.4, 0.5) is 4.79 Å². The maximum Gasteiger partial charge on any atom is 0.407 e. The Labute approximate surface area is 129 Å². The number of carbonyl (C=O) groups is 1. The first-order chi connectivity index (χ1) is 10.5. The third-order valence-corrected chi connectivity index (χ3v) is 3.24. The van der Waals surface area contributed by atoms with Crippen LogP contribution in [-0.2, 0) is 23.7 Å². The molecule has 3 N–H and O–H groups in total. The van der Waals surface area contributed by atoms with E-state index in [2.05, 4.69) is 5.32 Å². The Morgan fingerprint density at radius 2 is 1.91 bits per heavy atom. The van der Waals surface area contributed by atoms with Crippen LogP contribution in [0.15, 0.2) is 0 Å². The number of aliphatic hydroxyl groups excluding tert-OH is 2. The van der Waals surface area contributed by atoms with Gasteiger partial charge in [-0.15, -0.1) is 0 Å². The van der Waals surface area contributed by atoms with E-state index in [1.54, 1.807) is 7.11 Å². The first kappa shape index (κ1) is 19.1. The molecule has 0 aliphatic carbocycles. The number of rotatable bonds is 8. The predicted molar refractivity (Wildman–Crippen MR) is 74.3 cm³/mol. The topological polar surface area (TPSA) is 116 Å². The van der Waals surface area contributed by atoms with Crippen LogP contribution in [0.1, 0.15) is 6.42 Å². The maximum atomic E-state index is 11.7. The Bertz CT molecular complexity index is 329. The molecule has 1 aliphatic heterocycles. The van der Waals surface area contributed by atoms with E-state index >= 15 is 0 Å². The van der Waals surface area contributed by atoms with Crippen molar-refractivity contribution >= 4 is 6.09 Å². The molecule has 22 heavy (non-hydrogen) atoms. The Hall–Kier alpha value is -0.970. The van der Waals surface area contributed by atoms with Crippen LogP contribution >= 0.6 is 0 Å². The monoisotopic (exact) mass is 323 g/mol. The van der Waals surface area contributed by atoms with Gasteiger partial charge in [-0.25, -0.2) is 4.79 Å². The summed E-state index contributed by atoms with van der Waals surface area (Å²) < 4.78 is 25.4. The molecule has 1 aliphatic rings. The molecule has 1 saturated heterocycles. The lowest BCUT2D eigenvalue weighted by atomic mass is 9.99. The second kappa shape index (κ2) is 9.93. The zero-order valence-corrected chi connectivity index (χ0v) is 13.1. The molecule has 0 aromatic carbocycles. The van der Waals surface area contributed by atoms with Gasteiger partial charge < -0.3 is 39.2 Å². The largest absolute Gasteiger partial charge is 0.440 e. The van der Waals surface area contributed by atoms with E-state index in [0.29, 0.717) is 19.6 Å². The van der Waals surface area contributed by atoms with E-state index in [9.17, 15) is 15.0 Å². The van der Waals surface area contributed by atoms with Crippen molar-refractivity contribution in [1.29, 1.82) is 0 Å². The Morgan fingerprint density at radius 3 is 2.50 bits per heavy atom. The first-order valence-corrected chi connectivity index (χ1v) is 7.01. The SMILES string of the molecule is COCCCNC(=O)OC1C(COC)OC(OC)C(O)C1O. The van der Waals surface area contributed by atoms with E-state index in [1.807, 2.05) is 0 Å². The van der Waals surface area contributed by atoms with Crippen LogP contribution in [0.3, 0.4) is 0 Å². The summed E-state index contributed by atoms with van der Waals surface area (Å²) in [6.07, 6.45) is -5.59. The van der Waals surface area contributed by atoms with E-state index < -0.39 is 36.8 Å². The molecule has 130 valence electrons. The van der Waals surface area contributed by atoms with Gasteiger partial charge in [0.15, 0.2) is 12.4 Å². The molecule has 0 aromatic rings. The lowest BCUT2D eigenvalue weighted by Gasteiger charge is -2.41. The lowest BCUT2D eigenvalue weighted by molar-refractivity contribution is -0.294. The van der Waals surface area contributed by atoms with Crippen LogP contribution < -0.4 is 5.32 Å². The maximum absolute atomic E-state index is 11.7. The molecule has 0 bridgehead atoms. The van der Waals surface area contributed by atoms with Gasteiger partial charge >= 0.3 is 6.09 Å². The molecule has 5 unspecified atom stereocenters. The number of ether oxygens (including phenoxy) is 5. The van der Waals surface area contributed by atoms with E-state index in [0.717, 1.165) is 0 Å². The van der Waals surface area contributed by atoms with Crippen LogP contribution in [0.25, 0.3) is 0 Å². The summed E-state index contributed by atoms with van der Waals surface area (Å²) in [5, 5.41) is 22.5. The van der Waals surface area contributed by atoms with Crippen molar-refractivity contribution in [3.8, 4) is 0 Å². The second-order valence-electron chi connectivity index (χ2n) is 4.86. The normalized spacial score (nSPS) is 31.8. The highest BCUT2D eigenvalue weighted by molar-refractivity contribution is 5.67. The van der Waals surface area contributed by atoms with Crippen LogP contribution in [-0.4, -0.2) is 88.1 Å². The van der Waals surface area contributed by atoms with Gasteiger partial charge in [-0.3, -0.25) is 0 Å². The van der Waals surface area contributed by atoms with Crippen molar-refractivity contribution in [1.82, 2.24) is 5.32 Å². The molecule has 9 nitrogen and oxygen atoms in total. The second-order valence-corrected chi connectivity index (χ2v) is 4.86. The summed E-state index contributed by atoms with van der Waals surface area (Å²) >= 11 is 0. The summed E-state index contributed by atoms with van der Waals surface area (Å²) in [7, 11) is 4.36. The van der Waals surface area contributed by atoms with Gasteiger partial charge in [-0.1, -0.05) is 0 Å². The van der Waals surface area contributed by atoms with Crippen LogP contribution in [0, 0.1) is 0 Å². The average molecular weight is 323 g/mol. The lowest BCUT2D eigenvalue weighted by Crippen LogP contribution is -2.60. The van der Waals surface area contributed by atoms with Crippen molar-refractivity contribution in [2.75, 3.05) is 41.1 Å². The number of amides is 1. The molecule has 0 radical (unpaired) electrons. The number of carbonyl (C=O) groups excluding carboxylic acids is 1. The fourth-order valence-electron chi connectivity index (χ4n) is 2.12. The van der Waals surface area contributed by atoms with Crippen LogP contribution in [0.5, 0.6) is 0 Å². The fourth-order valence-corrected chi connectivity index (χ4v) is 2.12. The first-order valence-electron chi connectivity index (χ1n) is 7.01. The third-order valence-electron chi connectivity index (χ3n) is 3.24. The summed E-state index contributed by atoms with van der Waals surface area (Å²) in [4.78, 5) is 11.7. The summed E-state index contributed by atoms with van der Waals surface area (Å²) in [5.74, 6) is 0. The molecule has 1 rings (SSSR count). The van der Waals surface area contributed by atoms with Gasteiger partial charge in [0.05, 0.1) is 6.61 Å². The van der Waals surface area contributed by atoms with Crippen molar-refractivity contribution in [2.45, 2.75) is 37.1 Å². The highest BCUT2D eigenvalue weighted by Gasteiger charge is 2.46. The minimum absolute atomic E-state index is 0.0747. The molecular formula is C13H25NO8. The summed E-state index contributed by atoms with van der Waals surface area (Å²) in [6.45, 7) is 0.954. The number of nitrogens with one attached hydrogen (secondary N) is 1. The van der Waals surface area contributed by atoms with E-state index in [1.165, 1.54) is 14.2 Å². The standard InChI is InChI=1S/C13H25NO8/c1-18-6-4-5-14-13(17)22-11-8(7-19-2)21-12(20-3)10(16)9(11)15/h8-12,15-16H,4-7H2,1-3H3,(H,14,17). The van der Waals surface area contributed by atoms with E-state index in [-0.39, 0.29) is 6.61 Å². The zero-order valence-electron chi connectivity index (χ0n) is 13.1. The Morgan fingerprint density at radius 1 is 1.18 bits per heavy atom. The fraction of sp³-hybridized carbons (Fsp3) is 0.923. The molecule has 0 spiro atoms. The molecule has 9 heteroatoms. The Kier molecular flexibility index (Phi) is 8.61. The molecular weight excluding hydrogens is 298 g/mol. The molecule has 1 fully saturated rings. The van der Waals surface area contributed by atoms with E-state index in [4.69, 9.17) is 23.7 Å². The van der Waals surface area contributed by atoms with Gasteiger partial charge in [0, 0.05) is 34.5 Å². The van der Waals surface area contributed by atoms with Crippen molar-refractivity contribution in [2.24, 2.45) is 0 Å². The molecule has 0 saturated carbocycles. The number of aliphatic hydroxyl groups is 2. The molecule has 5 atom stereocenters. The minimum Gasteiger partial charge on any atom is -0.440 e. The number of hydrogen-bond donors (Lipinski definition) is 3. The van der Waals surface area contributed by atoms with Crippen molar-refractivity contribution in [3.63, 3.8) is 0 Å². The van der Waals surface area contributed by atoms with Crippen molar-refractivity contribution in [3.05, 3.63) is 0 Å². The third kappa shape index (κ3) is 5.34. The van der Waals surface area contributed by atoms with Gasteiger partial charge in [-0.05, 0) is 6.42 Å². The highest BCUT2D eigenvalue weighted by Crippen LogP contribution is 2.24. The van der Waals surface area contributed by atoms with Crippen molar-refractivity contribution < 1.29 is 38.7 Å². The number of hydrogen-bond acceptors (Lipinski definition) is 8. The summed E-state index contributed by atoms with van der Waals surface area (Å²) in [5.41, 5.74) is 0. The molecule has 0 aromatic heterocycles. The Balaban J connectivity index is 2.57. The smallest absolute Gasteiger partial charge is 0.407 e. The van der Waals surface area contributed by atoms with Gasteiger partial charge in [-0.2, -0.15) is 0 Å². The average Bonchev–Trinajstić information content (AvgIpc) is 2.51. The number of alkyl carbamates (subject to hydrolysis) is 1. The molecule has 1 amide bonds. The van der Waals surface area contributed by atoms with Gasteiger partial charge in [0.1, 0.15) is 18.3 Å². The van der Waals surface area contributed by atoms with Crippen LogP contribution in [0.2, 0.25) is 0 Å². The highest BCUT2D eigenvalue weighted by atomic mass is 16.7. The summed E-state index contributed by atoms with van der Waals surface area (Å²) in [6, 6.07) is 0. The predicted octanol–water partition coefficient (Wildman–Crippen LogP) is -1.14. The minimum atomic E-state index is -1.34. The zero-order chi connectivity index (χ0) is 16.5.